The van der Waals surface area contributed by atoms with Gasteiger partial charge in [-0.25, -0.2) is 4.58 Å². The van der Waals surface area contributed by atoms with Gasteiger partial charge in [0.25, 0.3) is 0 Å². The van der Waals surface area contributed by atoms with Crippen LogP contribution in [0.2, 0.25) is 0 Å². The molecule has 30 heavy (non-hydrogen) atoms. The molecule has 1 aliphatic rings. The molecule has 3 heteroatoms. The molecule has 1 N–H and O–H groups in total. The third kappa shape index (κ3) is 2.72. The second-order valence-corrected chi connectivity index (χ2v) is 9.34. The zero-order valence-electron chi connectivity index (χ0n) is 18.4. The van der Waals surface area contributed by atoms with Crippen LogP contribution in [0.15, 0.2) is 54.6 Å². The summed E-state index contributed by atoms with van der Waals surface area (Å²) in [6.07, 6.45) is 1.09. The molecule has 1 atom stereocenters. The number of aliphatic hydroxyl groups excluding tert-OH is 1. The quantitative estimate of drug-likeness (QED) is 0.502. The Labute approximate surface area is 177 Å². The summed E-state index contributed by atoms with van der Waals surface area (Å²) in [6, 6.07) is 20.2. The molecule has 0 bridgehead atoms. The van der Waals surface area contributed by atoms with Crippen molar-refractivity contribution in [3.8, 4) is 0 Å². The fraction of sp³-hybridized carbons (Fsp3) is 0.370. The van der Waals surface area contributed by atoms with Crippen molar-refractivity contribution in [3.63, 3.8) is 0 Å². The van der Waals surface area contributed by atoms with Crippen molar-refractivity contribution in [1.29, 1.82) is 0 Å². The van der Waals surface area contributed by atoms with Crippen molar-refractivity contribution < 1.29 is 5.11 Å². The van der Waals surface area contributed by atoms with Crippen LogP contribution in [0.3, 0.4) is 0 Å². The number of aliphatic hydroxyl groups is 1. The molecule has 4 aromatic rings. The minimum Gasteiger partial charge on any atom is -0.390 e. The lowest BCUT2D eigenvalue weighted by molar-refractivity contribution is 0.213. The second kappa shape index (κ2) is 6.95. The van der Waals surface area contributed by atoms with E-state index >= 15 is 0 Å². The van der Waals surface area contributed by atoms with Crippen LogP contribution in [0.5, 0.6) is 0 Å². The number of hydrogen-bond donors (Lipinski definition) is 1. The summed E-state index contributed by atoms with van der Waals surface area (Å²) in [5.74, 6) is 0.486. The van der Waals surface area contributed by atoms with Gasteiger partial charge in [-0.1, -0.05) is 37.3 Å². The number of aromatic nitrogens is 1. The smallest absolute Gasteiger partial charge is 0.203 e. The lowest BCUT2D eigenvalue weighted by atomic mass is 9.82. The van der Waals surface area contributed by atoms with Gasteiger partial charge in [-0.15, -0.1) is 0 Å². The van der Waals surface area contributed by atoms with Gasteiger partial charge >= 0.3 is 0 Å². The molecule has 0 amide bonds. The van der Waals surface area contributed by atoms with Gasteiger partial charge in [0.15, 0.2) is 12.1 Å². The molecule has 0 saturated heterocycles. The Bertz CT molecular complexity index is 1410. The molecule has 0 saturated carbocycles. The highest BCUT2D eigenvalue weighted by Crippen LogP contribution is 2.32. The van der Waals surface area contributed by atoms with Gasteiger partial charge < -0.3 is 9.67 Å². The van der Waals surface area contributed by atoms with E-state index in [0.29, 0.717) is 12.5 Å². The predicted octanol–water partition coefficient (Wildman–Crippen LogP) is 4.59. The molecular weight excluding hydrogens is 368 g/mol. The van der Waals surface area contributed by atoms with E-state index in [9.17, 15) is 5.11 Å². The van der Waals surface area contributed by atoms with Crippen LogP contribution in [-0.4, -0.2) is 28.4 Å². The maximum absolute atomic E-state index is 9.67. The monoisotopic (exact) mass is 399 g/mol. The highest BCUT2D eigenvalue weighted by Gasteiger charge is 2.38. The van der Waals surface area contributed by atoms with Crippen LogP contribution in [0.25, 0.3) is 21.7 Å². The summed E-state index contributed by atoms with van der Waals surface area (Å²) >= 11 is 0. The average Bonchev–Trinajstić information content (AvgIpc) is 3.06. The van der Waals surface area contributed by atoms with Crippen molar-refractivity contribution in [2.45, 2.75) is 52.1 Å². The molecule has 3 nitrogen and oxygen atoms in total. The van der Waals surface area contributed by atoms with Gasteiger partial charge in [-0.2, -0.15) is 0 Å². The zero-order valence-corrected chi connectivity index (χ0v) is 18.4. The molecule has 1 aromatic heterocycles. The number of hydrogen-bond acceptors (Lipinski definition) is 1. The van der Waals surface area contributed by atoms with E-state index in [1.165, 1.54) is 43.2 Å². The summed E-state index contributed by atoms with van der Waals surface area (Å²) < 4.78 is 4.85. The van der Waals surface area contributed by atoms with Crippen molar-refractivity contribution in [2.24, 2.45) is 0 Å². The van der Waals surface area contributed by atoms with E-state index in [0.717, 1.165) is 13.0 Å². The Hall–Kier alpha value is -2.65. The minimum atomic E-state index is 0.0500. The highest BCUT2D eigenvalue weighted by atomic mass is 16.3. The van der Waals surface area contributed by atoms with E-state index in [4.69, 9.17) is 0 Å². The van der Waals surface area contributed by atoms with Crippen LogP contribution >= 0.6 is 0 Å². The molecule has 1 unspecified atom stereocenters. The summed E-state index contributed by atoms with van der Waals surface area (Å²) in [7, 11) is 0. The van der Waals surface area contributed by atoms with Gasteiger partial charge in [0.2, 0.25) is 5.36 Å². The Morgan fingerprint density at radius 3 is 2.60 bits per heavy atom. The Balaban J connectivity index is 1.97. The van der Waals surface area contributed by atoms with Crippen molar-refractivity contribution in [1.82, 2.24) is 9.14 Å². The minimum absolute atomic E-state index is 0.0500. The Morgan fingerprint density at radius 1 is 1.10 bits per heavy atom. The molecule has 2 heterocycles. The lowest BCUT2D eigenvalue weighted by Gasteiger charge is -2.30. The van der Waals surface area contributed by atoms with E-state index < -0.39 is 0 Å². The zero-order chi connectivity index (χ0) is 21.0. The maximum atomic E-state index is 9.67. The third-order valence-electron chi connectivity index (χ3n) is 7.00. The van der Waals surface area contributed by atoms with Gasteiger partial charge in [0, 0.05) is 40.9 Å². The number of benzene rings is 3. The summed E-state index contributed by atoms with van der Waals surface area (Å²) in [5, 5.41) is 17.6. The summed E-state index contributed by atoms with van der Waals surface area (Å²) in [6.45, 7) is 10.9. The fourth-order valence-electron chi connectivity index (χ4n) is 5.81. The van der Waals surface area contributed by atoms with Crippen molar-refractivity contribution in [3.05, 3.63) is 76.1 Å². The molecule has 0 spiro atoms. The largest absolute Gasteiger partial charge is 0.390 e. The van der Waals surface area contributed by atoms with Crippen LogP contribution < -0.4 is 9.93 Å². The molecule has 0 fully saturated rings. The molecule has 5 rings (SSSR count). The SMILES string of the molecule is CCn1/c(=c2/ccc3c(c2)C(C)CC(C)(C)[N+]=3CCO)c2cccc3cccc1c32. The van der Waals surface area contributed by atoms with Crippen LogP contribution in [-0.2, 0) is 6.54 Å². The lowest BCUT2D eigenvalue weighted by Crippen LogP contribution is -2.53. The first kappa shape index (κ1) is 19.3. The van der Waals surface area contributed by atoms with Gasteiger partial charge in [0.05, 0.1) is 5.35 Å². The number of β-amino-alcohol motifs (C(OH)–C–C–N with tert-alkyl or cyclic N) is 1. The molecule has 0 aliphatic carbocycles. The second-order valence-electron chi connectivity index (χ2n) is 9.34. The number of rotatable bonds is 3. The number of fused-ring (bicyclic) bond motifs is 1. The van der Waals surface area contributed by atoms with E-state index in [1.54, 1.807) is 0 Å². The molecule has 0 radical (unpaired) electrons. The molecule has 1 aliphatic heterocycles. The van der Waals surface area contributed by atoms with Crippen LogP contribution in [0.4, 0.5) is 0 Å². The van der Waals surface area contributed by atoms with E-state index in [2.05, 4.69) is 91.4 Å². The van der Waals surface area contributed by atoms with Crippen LogP contribution in [0, 0.1) is 10.6 Å². The highest BCUT2D eigenvalue weighted by molar-refractivity contribution is 6.09. The van der Waals surface area contributed by atoms with Gasteiger partial charge in [-0.3, -0.25) is 0 Å². The first-order chi connectivity index (χ1) is 14.5. The fourth-order valence-corrected chi connectivity index (χ4v) is 5.81. The Morgan fingerprint density at radius 2 is 1.87 bits per heavy atom. The summed E-state index contributed by atoms with van der Waals surface area (Å²) in [5.41, 5.74) is 2.76. The molecule has 3 aromatic carbocycles. The molecule has 154 valence electrons. The molecular formula is C27H31N2O+. The third-order valence-corrected chi connectivity index (χ3v) is 7.00. The van der Waals surface area contributed by atoms with Gasteiger partial charge in [-0.05, 0) is 55.5 Å². The van der Waals surface area contributed by atoms with Crippen molar-refractivity contribution >= 4 is 21.7 Å². The van der Waals surface area contributed by atoms with E-state index in [-0.39, 0.29) is 12.1 Å². The topological polar surface area (TPSA) is 28.2 Å². The number of nitrogens with zero attached hydrogens (tertiary/aromatic N) is 2. The number of aryl methyl sites for hydroxylation is 1. The first-order valence-electron chi connectivity index (χ1n) is 11.2. The summed E-state index contributed by atoms with van der Waals surface area (Å²) in [4.78, 5) is 0. The predicted molar refractivity (Wildman–Crippen MR) is 125 cm³/mol. The first-order valence-corrected chi connectivity index (χ1v) is 11.2. The normalized spacial score (nSPS) is 19.5. The van der Waals surface area contributed by atoms with Gasteiger partial charge in [0.1, 0.15) is 6.61 Å². The van der Waals surface area contributed by atoms with Crippen molar-refractivity contribution in [2.75, 3.05) is 13.2 Å². The van der Waals surface area contributed by atoms with Crippen LogP contribution in [0.1, 0.15) is 45.6 Å². The standard InChI is InChI=1S/C27H31N2O/c1-5-28-24-11-7-9-19-8-6-10-21(25(19)24)26(28)20-12-13-23-22(16-20)18(2)17-27(3,4)29(23)14-15-30/h6-13,16,18,30H,5,14-15,17H2,1-4H3/q+1. The maximum Gasteiger partial charge on any atom is 0.203 e. The average molecular weight is 400 g/mol. The van der Waals surface area contributed by atoms with E-state index in [1.807, 2.05) is 0 Å². The Kier molecular flexibility index (Phi) is 4.48.